The van der Waals surface area contributed by atoms with Crippen molar-refractivity contribution in [1.82, 2.24) is 4.31 Å². The maximum absolute atomic E-state index is 12.8. The third-order valence-electron chi connectivity index (χ3n) is 4.92. The Kier molecular flexibility index (Phi) is 5.29. The highest BCUT2D eigenvalue weighted by atomic mass is 35.5. The molecule has 0 saturated carbocycles. The first-order chi connectivity index (χ1) is 13.8. The Morgan fingerprint density at radius 2 is 1.48 bits per heavy atom. The zero-order valence-electron chi connectivity index (χ0n) is 15.2. The molecule has 0 bridgehead atoms. The molecule has 4 rings (SSSR count). The zero-order chi connectivity index (χ0) is 20.6. The normalized spacial score (nSPS) is 15.9. The van der Waals surface area contributed by atoms with Gasteiger partial charge in [-0.1, -0.05) is 35.9 Å². The third-order valence-corrected chi connectivity index (χ3v) is 9.01. The fraction of sp³-hybridized carbons (Fsp3) is 0.200. The van der Waals surface area contributed by atoms with Crippen molar-refractivity contribution < 1.29 is 21.3 Å². The number of sulfonamides is 1. The molecule has 0 unspecified atom stereocenters. The number of hydrogen-bond acceptors (Lipinski definition) is 5. The summed E-state index contributed by atoms with van der Waals surface area (Å²) in [6.07, 6.45) is 1.41. The van der Waals surface area contributed by atoms with Crippen LogP contribution >= 0.6 is 11.6 Å². The molecule has 29 heavy (non-hydrogen) atoms. The van der Waals surface area contributed by atoms with Gasteiger partial charge in [0.25, 0.3) is 0 Å². The summed E-state index contributed by atoms with van der Waals surface area (Å²) >= 11 is 5.89. The second-order valence-corrected chi connectivity index (χ2v) is 11.5. The van der Waals surface area contributed by atoms with Gasteiger partial charge in [0.2, 0.25) is 10.0 Å². The van der Waals surface area contributed by atoms with Crippen LogP contribution in [0.2, 0.25) is 5.02 Å². The molecule has 1 aliphatic heterocycles. The predicted octanol–water partition coefficient (Wildman–Crippen LogP) is 3.59. The van der Waals surface area contributed by atoms with Crippen LogP contribution in [0.25, 0.3) is 11.1 Å². The van der Waals surface area contributed by atoms with Gasteiger partial charge in [0.1, 0.15) is 11.5 Å². The van der Waals surface area contributed by atoms with Crippen LogP contribution in [0.3, 0.4) is 0 Å². The van der Waals surface area contributed by atoms with E-state index in [0.29, 0.717) is 10.8 Å². The van der Waals surface area contributed by atoms with Crippen LogP contribution in [0, 0.1) is 0 Å². The summed E-state index contributed by atoms with van der Waals surface area (Å²) in [6.45, 7) is -0.103. The van der Waals surface area contributed by atoms with Crippen molar-refractivity contribution in [2.75, 3.05) is 13.1 Å². The summed E-state index contributed by atoms with van der Waals surface area (Å²) in [4.78, 5) is 0.136. The Labute approximate surface area is 174 Å². The van der Waals surface area contributed by atoms with Crippen molar-refractivity contribution in [1.29, 1.82) is 0 Å². The van der Waals surface area contributed by atoms with Crippen molar-refractivity contribution >= 4 is 31.5 Å². The minimum Gasteiger partial charge on any atom is -0.468 e. The lowest BCUT2D eigenvalue weighted by atomic mass is 10.1. The standard InChI is InChI=1S/C20H18ClNO5S2/c21-17-7-3-15(4-8-17)16-5-9-19(10-6-16)29(25,26)22-12-20(13-22)28(23,24)14-18-2-1-11-27-18/h1-11,20H,12-14H2. The molecule has 1 aromatic heterocycles. The molecule has 0 aliphatic carbocycles. The van der Waals surface area contributed by atoms with E-state index in [2.05, 4.69) is 0 Å². The second kappa shape index (κ2) is 7.60. The van der Waals surface area contributed by atoms with Gasteiger partial charge in [-0.25, -0.2) is 16.8 Å². The van der Waals surface area contributed by atoms with E-state index in [1.807, 2.05) is 12.1 Å². The van der Waals surface area contributed by atoms with E-state index >= 15 is 0 Å². The third kappa shape index (κ3) is 4.11. The van der Waals surface area contributed by atoms with E-state index in [4.69, 9.17) is 16.0 Å². The molecule has 3 aromatic rings. The molecule has 1 saturated heterocycles. The van der Waals surface area contributed by atoms with Crippen LogP contribution in [0.5, 0.6) is 0 Å². The van der Waals surface area contributed by atoms with Crippen LogP contribution in [-0.4, -0.2) is 39.5 Å². The van der Waals surface area contributed by atoms with Gasteiger partial charge in [0, 0.05) is 18.1 Å². The summed E-state index contributed by atoms with van der Waals surface area (Å²) < 4.78 is 56.7. The largest absolute Gasteiger partial charge is 0.468 e. The molecule has 2 aromatic carbocycles. The van der Waals surface area contributed by atoms with E-state index in [1.54, 1.807) is 36.4 Å². The fourth-order valence-electron chi connectivity index (χ4n) is 3.15. The first-order valence-electron chi connectivity index (χ1n) is 8.86. The minimum atomic E-state index is -3.74. The summed E-state index contributed by atoms with van der Waals surface area (Å²) in [6, 6.07) is 17.0. The van der Waals surface area contributed by atoms with E-state index < -0.39 is 25.1 Å². The highest BCUT2D eigenvalue weighted by Gasteiger charge is 2.43. The minimum absolute atomic E-state index is 0.0513. The Morgan fingerprint density at radius 1 is 0.897 bits per heavy atom. The molecule has 0 amide bonds. The molecular formula is C20H18ClNO5S2. The number of nitrogens with zero attached hydrogens (tertiary/aromatic N) is 1. The van der Waals surface area contributed by atoms with Gasteiger partial charge in [0.15, 0.2) is 9.84 Å². The molecule has 0 spiro atoms. The van der Waals surface area contributed by atoms with Crippen LogP contribution < -0.4 is 0 Å². The van der Waals surface area contributed by atoms with Crippen LogP contribution in [0.15, 0.2) is 76.2 Å². The monoisotopic (exact) mass is 451 g/mol. The van der Waals surface area contributed by atoms with E-state index in [9.17, 15) is 16.8 Å². The molecule has 0 N–H and O–H groups in total. The van der Waals surface area contributed by atoms with Gasteiger partial charge in [-0.2, -0.15) is 4.31 Å². The maximum Gasteiger partial charge on any atom is 0.243 e. The Morgan fingerprint density at radius 3 is 2.03 bits per heavy atom. The molecule has 1 fully saturated rings. The Balaban J connectivity index is 1.45. The van der Waals surface area contributed by atoms with Crippen molar-refractivity contribution in [3.8, 4) is 11.1 Å². The molecule has 9 heteroatoms. The second-order valence-electron chi connectivity index (χ2n) is 6.86. The molecule has 0 atom stereocenters. The van der Waals surface area contributed by atoms with E-state index in [0.717, 1.165) is 11.1 Å². The quantitative estimate of drug-likeness (QED) is 0.571. The number of sulfone groups is 1. The number of benzene rings is 2. The lowest BCUT2D eigenvalue weighted by Gasteiger charge is -2.37. The SMILES string of the molecule is O=S(=O)(Cc1ccco1)C1CN(S(=O)(=O)c2ccc(-c3ccc(Cl)cc3)cc2)C1. The van der Waals surface area contributed by atoms with Gasteiger partial charge < -0.3 is 4.42 Å². The average Bonchev–Trinajstić information content (AvgIpc) is 3.13. The van der Waals surface area contributed by atoms with Gasteiger partial charge in [-0.15, -0.1) is 0 Å². The van der Waals surface area contributed by atoms with Gasteiger partial charge in [-0.3, -0.25) is 0 Å². The maximum atomic E-state index is 12.8. The van der Waals surface area contributed by atoms with Gasteiger partial charge in [0.05, 0.1) is 16.4 Å². The van der Waals surface area contributed by atoms with Crippen LogP contribution in [-0.2, 0) is 25.6 Å². The molecule has 2 heterocycles. The lowest BCUT2D eigenvalue weighted by molar-refractivity contribution is 0.309. The summed E-state index contributed by atoms with van der Waals surface area (Å²) in [5, 5.41) is -0.0991. The van der Waals surface area contributed by atoms with Crippen molar-refractivity contribution in [2.45, 2.75) is 15.9 Å². The van der Waals surface area contributed by atoms with Crippen molar-refractivity contribution in [2.24, 2.45) is 0 Å². The first kappa shape index (κ1) is 20.2. The summed E-state index contributed by atoms with van der Waals surface area (Å²) in [7, 11) is -7.22. The number of furan rings is 1. The topological polar surface area (TPSA) is 84.7 Å². The first-order valence-corrected chi connectivity index (χ1v) is 12.4. The molecule has 152 valence electrons. The fourth-order valence-corrected chi connectivity index (χ4v) is 6.60. The summed E-state index contributed by atoms with van der Waals surface area (Å²) in [5.41, 5.74) is 1.79. The number of rotatable bonds is 6. The molecule has 0 radical (unpaired) electrons. The van der Waals surface area contributed by atoms with E-state index in [-0.39, 0.29) is 23.7 Å². The summed E-state index contributed by atoms with van der Waals surface area (Å²) in [5.74, 6) is 0.123. The highest BCUT2D eigenvalue weighted by molar-refractivity contribution is 7.92. The zero-order valence-corrected chi connectivity index (χ0v) is 17.6. The molecule has 6 nitrogen and oxygen atoms in total. The van der Waals surface area contributed by atoms with Crippen molar-refractivity contribution in [3.63, 3.8) is 0 Å². The van der Waals surface area contributed by atoms with Crippen molar-refractivity contribution in [3.05, 3.63) is 77.7 Å². The van der Waals surface area contributed by atoms with Gasteiger partial charge >= 0.3 is 0 Å². The predicted molar refractivity (Wildman–Crippen MR) is 111 cm³/mol. The number of hydrogen-bond donors (Lipinski definition) is 0. The average molecular weight is 452 g/mol. The van der Waals surface area contributed by atoms with Gasteiger partial charge in [-0.05, 0) is 47.5 Å². The Hall–Kier alpha value is -2.13. The van der Waals surface area contributed by atoms with Crippen LogP contribution in [0.1, 0.15) is 5.76 Å². The number of halogens is 1. The molecular weight excluding hydrogens is 434 g/mol. The highest BCUT2D eigenvalue weighted by Crippen LogP contribution is 2.29. The molecule has 1 aliphatic rings. The van der Waals surface area contributed by atoms with E-state index in [1.165, 1.54) is 22.7 Å². The lowest BCUT2D eigenvalue weighted by Crippen LogP contribution is -2.56. The Bertz CT molecular complexity index is 1200. The van der Waals surface area contributed by atoms with Crippen LogP contribution in [0.4, 0.5) is 0 Å². The smallest absolute Gasteiger partial charge is 0.243 e.